The number of aliphatic hydroxyl groups excluding tert-OH is 7. The molecule has 14 nitrogen and oxygen atoms in total. The third-order valence-corrected chi connectivity index (χ3v) is 14.9. The Morgan fingerprint density at radius 3 is 1.27 bits per heavy atom. The summed E-state index contributed by atoms with van der Waals surface area (Å²) in [6.45, 7) is 3.54. The zero-order valence-corrected chi connectivity index (χ0v) is 50.5. The van der Waals surface area contributed by atoms with Gasteiger partial charge in [0.1, 0.15) is 54.9 Å². The summed E-state index contributed by atoms with van der Waals surface area (Å²) in [5, 5.41) is 72.5. The SMILES string of the molecule is CC/C=C\C/C=C\C/C=C\C/C=C\C/C=C\C/C=C\CCCCCCCOCC(COC1OC(COC2OC(CO)C(O)C(O)C2O)C(O)C(O)C1O)OC(=O)CCCCCCCCCCCCC/C=C\CCCCCCCCCC. The molecule has 2 aliphatic rings. The van der Waals surface area contributed by atoms with Crippen LogP contribution in [-0.2, 0) is 33.2 Å². The Labute approximate surface area is 490 Å². The van der Waals surface area contributed by atoms with E-state index in [0.717, 1.165) is 96.3 Å². The average molecular weight is 1150 g/mol. The van der Waals surface area contributed by atoms with Crippen LogP contribution in [0, 0.1) is 0 Å². The molecular formula is C67H116O14. The van der Waals surface area contributed by atoms with E-state index >= 15 is 0 Å². The van der Waals surface area contributed by atoms with Crippen molar-refractivity contribution in [1.82, 2.24) is 0 Å². The van der Waals surface area contributed by atoms with Gasteiger partial charge < -0.3 is 64.2 Å². The van der Waals surface area contributed by atoms with Crippen LogP contribution in [0.1, 0.15) is 232 Å². The fraction of sp³-hybridized carbons (Fsp3) is 0.776. The molecule has 11 unspecified atom stereocenters. The monoisotopic (exact) mass is 1140 g/mol. The Bertz CT molecular complexity index is 1660. The molecule has 2 aliphatic heterocycles. The minimum atomic E-state index is -1.72. The third-order valence-electron chi connectivity index (χ3n) is 14.9. The third kappa shape index (κ3) is 38.7. The predicted molar refractivity (Wildman–Crippen MR) is 325 cm³/mol. The number of esters is 1. The molecule has 2 heterocycles. The molecule has 0 amide bonds. The van der Waals surface area contributed by atoms with Gasteiger partial charge in [0.25, 0.3) is 0 Å². The number of hydrogen-bond acceptors (Lipinski definition) is 14. The minimum absolute atomic E-state index is 0.0442. The summed E-state index contributed by atoms with van der Waals surface area (Å²) in [4.78, 5) is 13.1. The summed E-state index contributed by atoms with van der Waals surface area (Å²) in [5.41, 5.74) is 0. The Kier molecular flexibility index (Phi) is 48.3. The highest BCUT2D eigenvalue weighted by Crippen LogP contribution is 2.27. The zero-order chi connectivity index (χ0) is 58.6. The molecule has 14 heteroatoms. The molecule has 0 aromatic carbocycles. The number of ether oxygens (including phenoxy) is 6. The van der Waals surface area contributed by atoms with E-state index in [1.54, 1.807) is 0 Å². The van der Waals surface area contributed by atoms with Gasteiger partial charge in [0.2, 0.25) is 0 Å². The fourth-order valence-corrected chi connectivity index (χ4v) is 9.76. The Balaban J connectivity index is 1.69. The number of aliphatic hydroxyl groups is 7. The summed E-state index contributed by atoms with van der Waals surface area (Å²) in [5.74, 6) is -0.385. The molecule has 0 aliphatic carbocycles. The van der Waals surface area contributed by atoms with Crippen molar-refractivity contribution in [2.45, 2.75) is 300 Å². The van der Waals surface area contributed by atoms with E-state index in [-0.39, 0.29) is 25.6 Å². The van der Waals surface area contributed by atoms with E-state index in [2.05, 4.69) is 98.9 Å². The first-order valence-corrected chi connectivity index (χ1v) is 32.2. The van der Waals surface area contributed by atoms with Crippen LogP contribution >= 0.6 is 0 Å². The van der Waals surface area contributed by atoms with Crippen molar-refractivity contribution in [3.05, 3.63) is 85.1 Å². The van der Waals surface area contributed by atoms with Crippen molar-refractivity contribution in [2.24, 2.45) is 0 Å². The van der Waals surface area contributed by atoms with Crippen molar-refractivity contribution >= 4 is 5.97 Å². The quantitative estimate of drug-likeness (QED) is 0.0172. The van der Waals surface area contributed by atoms with Crippen LogP contribution in [0.5, 0.6) is 0 Å². The van der Waals surface area contributed by atoms with Gasteiger partial charge in [-0.05, 0) is 89.9 Å². The molecule has 468 valence electrons. The molecule has 0 aromatic rings. The number of carbonyl (C=O) groups is 1. The summed E-state index contributed by atoms with van der Waals surface area (Å²) >= 11 is 0. The van der Waals surface area contributed by atoms with Crippen molar-refractivity contribution in [2.75, 3.05) is 33.0 Å². The molecule has 0 radical (unpaired) electrons. The molecule has 0 aromatic heterocycles. The molecule has 0 spiro atoms. The molecule has 2 rings (SSSR count). The number of unbranched alkanes of at least 4 members (excludes halogenated alkanes) is 24. The molecule has 7 N–H and O–H groups in total. The average Bonchev–Trinajstić information content (AvgIpc) is 3.46. The van der Waals surface area contributed by atoms with Crippen LogP contribution in [0.4, 0.5) is 0 Å². The van der Waals surface area contributed by atoms with Crippen molar-refractivity contribution in [3.8, 4) is 0 Å². The van der Waals surface area contributed by atoms with Gasteiger partial charge in [-0.2, -0.15) is 0 Å². The lowest BCUT2D eigenvalue weighted by Gasteiger charge is -2.42. The lowest BCUT2D eigenvalue weighted by Crippen LogP contribution is -2.61. The molecule has 2 saturated heterocycles. The van der Waals surface area contributed by atoms with Gasteiger partial charge in [-0.25, -0.2) is 0 Å². The maximum absolute atomic E-state index is 13.1. The lowest BCUT2D eigenvalue weighted by molar-refractivity contribution is -0.332. The van der Waals surface area contributed by atoms with Crippen LogP contribution in [-0.4, -0.2) is 142 Å². The Morgan fingerprint density at radius 1 is 0.420 bits per heavy atom. The first kappa shape index (κ1) is 74.3. The smallest absolute Gasteiger partial charge is 0.306 e. The van der Waals surface area contributed by atoms with Crippen LogP contribution in [0.15, 0.2) is 85.1 Å². The van der Waals surface area contributed by atoms with E-state index in [1.807, 2.05) is 0 Å². The molecule has 0 bridgehead atoms. The van der Waals surface area contributed by atoms with Crippen molar-refractivity contribution < 1.29 is 69.0 Å². The van der Waals surface area contributed by atoms with E-state index in [4.69, 9.17) is 28.4 Å². The fourth-order valence-electron chi connectivity index (χ4n) is 9.76. The van der Waals surface area contributed by atoms with Crippen LogP contribution < -0.4 is 0 Å². The second-order valence-corrected chi connectivity index (χ2v) is 22.2. The zero-order valence-electron chi connectivity index (χ0n) is 50.5. The first-order chi connectivity index (χ1) is 39.6. The Morgan fingerprint density at radius 2 is 0.802 bits per heavy atom. The summed E-state index contributed by atoms with van der Waals surface area (Å²) in [7, 11) is 0. The van der Waals surface area contributed by atoms with Crippen molar-refractivity contribution in [1.29, 1.82) is 0 Å². The van der Waals surface area contributed by atoms with E-state index in [1.165, 1.54) is 109 Å². The van der Waals surface area contributed by atoms with Gasteiger partial charge in [0.15, 0.2) is 12.6 Å². The van der Waals surface area contributed by atoms with Gasteiger partial charge in [-0.3, -0.25) is 4.79 Å². The number of rotatable bonds is 52. The van der Waals surface area contributed by atoms with Gasteiger partial charge in [-0.15, -0.1) is 0 Å². The molecule has 11 atom stereocenters. The van der Waals surface area contributed by atoms with Crippen molar-refractivity contribution in [3.63, 3.8) is 0 Å². The molecular weight excluding hydrogens is 1030 g/mol. The second kappa shape index (κ2) is 52.7. The summed E-state index contributed by atoms with van der Waals surface area (Å²) in [6, 6.07) is 0. The van der Waals surface area contributed by atoms with E-state index < -0.39 is 80.7 Å². The summed E-state index contributed by atoms with van der Waals surface area (Å²) in [6.07, 6.45) is 53.6. The predicted octanol–water partition coefficient (Wildman–Crippen LogP) is 12.8. The van der Waals surface area contributed by atoms with Gasteiger partial charge in [0, 0.05) is 13.0 Å². The highest BCUT2D eigenvalue weighted by molar-refractivity contribution is 5.69. The van der Waals surface area contributed by atoms with Crippen LogP contribution in [0.3, 0.4) is 0 Å². The summed E-state index contributed by atoms with van der Waals surface area (Å²) < 4.78 is 34.5. The molecule has 0 saturated carbocycles. The van der Waals surface area contributed by atoms with Crippen LogP contribution in [0.25, 0.3) is 0 Å². The van der Waals surface area contributed by atoms with Gasteiger partial charge >= 0.3 is 5.97 Å². The lowest BCUT2D eigenvalue weighted by atomic mass is 9.98. The maximum Gasteiger partial charge on any atom is 0.306 e. The van der Waals surface area contributed by atoms with Crippen LogP contribution in [0.2, 0.25) is 0 Å². The normalized spacial score (nSPS) is 24.3. The molecule has 81 heavy (non-hydrogen) atoms. The Hall–Kier alpha value is -2.83. The number of hydrogen-bond donors (Lipinski definition) is 7. The standard InChI is InChI=1S/C67H116O14/c1-3-5-7-9-11-13-15-17-19-21-23-25-27-29-31-33-35-37-39-41-43-45-47-49-51-76-53-56(54-77-66-65(75)63(73)61(71)58(81-66)55-78-67-64(74)62(72)60(70)57(52-68)80-67)79-59(69)50-48-46-44-42-40-38-36-34-32-30-28-26-24-22-20-18-16-14-12-10-8-6-4-2/h5,7,11,13,17,19,22-25,29,31,35,37,56-58,60-68,70-75H,3-4,6,8-10,12,14-16,18,20-21,26-28,30,32-34,36,38-55H2,1-2H3/b7-5-,13-11-,19-17-,24-22-,25-23-,31-29-,37-35-. The maximum atomic E-state index is 13.1. The second-order valence-electron chi connectivity index (χ2n) is 22.2. The van der Waals surface area contributed by atoms with E-state index in [9.17, 15) is 40.5 Å². The first-order valence-electron chi connectivity index (χ1n) is 32.2. The van der Waals surface area contributed by atoms with Gasteiger partial charge in [0.05, 0.1) is 26.4 Å². The topological polar surface area (TPSA) is 214 Å². The van der Waals surface area contributed by atoms with E-state index in [0.29, 0.717) is 13.0 Å². The minimum Gasteiger partial charge on any atom is -0.457 e. The highest BCUT2D eigenvalue weighted by atomic mass is 16.7. The number of carbonyl (C=O) groups excluding carboxylic acids is 1. The largest absolute Gasteiger partial charge is 0.457 e. The number of allylic oxidation sites excluding steroid dienone is 14. The molecule has 2 fully saturated rings. The van der Waals surface area contributed by atoms with Gasteiger partial charge in [-0.1, -0.05) is 221 Å². The highest BCUT2D eigenvalue weighted by Gasteiger charge is 2.47.